The highest BCUT2D eigenvalue weighted by Gasteiger charge is 2.16. The molecule has 3 rings (SSSR count). The van der Waals surface area contributed by atoms with Crippen LogP contribution in [0.5, 0.6) is 17.2 Å². The normalized spacial score (nSPS) is 12.0. The topological polar surface area (TPSA) is 111 Å². The molecule has 1 aliphatic rings. The van der Waals surface area contributed by atoms with E-state index in [2.05, 4.69) is 5.32 Å². The quantitative estimate of drug-likeness (QED) is 0.641. The van der Waals surface area contributed by atoms with Crippen molar-refractivity contribution in [2.75, 3.05) is 13.3 Å². The number of nitro benzene ring substituents is 1. The van der Waals surface area contributed by atoms with E-state index < -0.39 is 22.3 Å². The van der Waals surface area contributed by atoms with Crippen molar-refractivity contribution in [1.82, 2.24) is 5.32 Å². The number of nitrogens with zero attached hydrogens (tertiary/aromatic N) is 1. The number of phenols is 1. The van der Waals surface area contributed by atoms with Crippen molar-refractivity contribution in [3.8, 4) is 17.2 Å². The number of carbonyl (C=O) groups is 1. The van der Waals surface area contributed by atoms with Crippen molar-refractivity contribution in [2.45, 2.75) is 6.42 Å². The maximum atomic E-state index is 12.0. The molecule has 0 fully saturated rings. The van der Waals surface area contributed by atoms with E-state index in [9.17, 15) is 20.0 Å². The van der Waals surface area contributed by atoms with E-state index in [1.807, 2.05) is 18.2 Å². The van der Waals surface area contributed by atoms with Crippen molar-refractivity contribution >= 4 is 11.6 Å². The molecule has 0 aromatic heterocycles. The molecule has 2 N–H and O–H groups in total. The van der Waals surface area contributed by atoms with E-state index in [-0.39, 0.29) is 12.4 Å². The highest BCUT2D eigenvalue weighted by Crippen LogP contribution is 2.32. The van der Waals surface area contributed by atoms with Gasteiger partial charge in [-0.25, -0.2) is 0 Å². The molecule has 24 heavy (non-hydrogen) atoms. The molecule has 0 atom stereocenters. The van der Waals surface area contributed by atoms with Crippen LogP contribution in [0.25, 0.3) is 0 Å². The number of hydrogen-bond acceptors (Lipinski definition) is 6. The van der Waals surface area contributed by atoms with Gasteiger partial charge in [0.1, 0.15) is 0 Å². The van der Waals surface area contributed by atoms with E-state index in [0.29, 0.717) is 24.5 Å². The fourth-order valence-corrected chi connectivity index (χ4v) is 2.34. The van der Waals surface area contributed by atoms with Gasteiger partial charge in [0, 0.05) is 18.2 Å². The van der Waals surface area contributed by atoms with Crippen LogP contribution in [0.15, 0.2) is 36.4 Å². The molecular formula is C16H14N2O6. The second kappa shape index (κ2) is 6.45. The van der Waals surface area contributed by atoms with Gasteiger partial charge < -0.3 is 19.9 Å². The van der Waals surface area contributed by atoms with Crippen molar-refractivity contribution in [2.24, 2.45) is 0 Å². The Morgan fingerprint density at radius 2 is 2.00 bits per heavy atom. The Morgan fingerprint density at radius 3 is 2.75 bits per heavy atom. The Balaban J connectivity index is 1.58. The summed E-state index contributed by atoms with van der Waals surface area (Å²) in [4.78, 5) is 21.9. The highest BCUT2D eigenvalue weighted by molar-refractivity contribution is 5.95. The predicted molar refractivity (Wildman–Crippen MR) is 83.4 cm³/mol. The molecule has 0 saturated carbocycles. The molecule has 0 spiro atoms. The third-order valence-corrected chi connectivity index (χ3v) is 3.57. The standard InChI is InChI=1S/C16H14N2O6/c19-13-8-11(2-3-12(13)18(21)22)16(20)17-6-5-10-1-4-14-15(7-10)24-9-23-14/h1-4,7-8,19H,5-6,9H2,(H,17,20). The number of fused-ring (bicyclic) bond motifs is 1. The van der Waals surface area contributed by atoms with Gasteiger partial charge in [-0.3, -0.25) is 14.9 Å². The number of nitrogens with one attached hydrogen (secondary N) is 1. The fourth-order valence-electron chi connectivity index (χ4n) is 2.34. The Hall–Kier alpha value is -3.29. The van der Waals surface area contributed by atoms with E-state index in [4.69, 9.17) is 9.47 Å². The number of hydrogen-bond donors (Lipinski definition) is 2. The van der Waals surface area contributed by atoms with E-state index >= 15 is 0 Å². The monoisotopic (exact) mass is 330 g/mol. The molecule has 1 heterocycles. The summed E-state index contributed by atoms with van der Waals surface area (Å²) in [5, 5.41) is 22.9. The molecule has 0 saturated heterocycles. The van der Waals surface area contributed by atoms with Crippen molar-refractivity contribution in [3.63, 3.8) is 0 Å². The fraction of sp³-hybridized carbons (Fsp3) is 0.188. The molecule has 0 radical (unpaired) electrons. The second-order valence-electron chi connectivity index (χ2n) is 5.15. The van der Waals surface area contributed by atoms with Crippen LogP contribution in [0.1, 0.15) is 15.9 Å². The molecule has 2 aromatic carbocycles. The van der Waals surface area contributed by atoms with E-state index in [0.717, 1.165) is 17.7 Å². The number of amides is 1. The van der Waals surface area contributed by atoms with Crippen molar-refractivity contribution < 1.29 is 24.3 Å². The molecule has 0 aliphatic carbocycles. The van der Waals surface area contributed by atoms with Crippen LogP contribution < -0.4 is 14.8 Å². The van der Waals surface area contributed by atoms with Gasteiger partial charge >= 0.3 is 5.69 Å². The van der Waals surface area contributed by atoms with Crippen LogP contribution in [-0.4, -0.2) is 29.3 Å². The Bertz CT molecular complexity index is 805. The number of carbonyl (C=O) groups excluding carboxylic acids is 1. The Kier molecular flexibility index (Phi) is 4.19. The zero-order chi connectivity index (χ0) is 17.1. The van der Waals surface area contributed by atoms with Gasteiger partial charge in [-0.05, 0) is 36.2 Å². The third-order valence-electron chi connectivity index (χ3n) is 3.57. The van der Waals surface area contributed by atoms with Crippen molar-refractivity contribution in [1.29, 1.82) is 0 Å². The first-order valence-corrected chi connectivity index (χ1v) is 7.19. The number of ether oxygens (including phenoxy) is 2. The summed E-state index contributed by atoms with van der Waals surface area (Å²) in [6, 6.07) is 9.03. The molecule has 1 amide bonds. The van der Waals surface area contributed by atoms with Crippen LogP contribution in [0.2, 0.25) is 0 Å². The number of aromatic hydroxyl groups is 1. The lowest BCUT2D eigenvalue weighted by Crippen LogP contribution is -2.25. The van der Waals surface area contributed by atoms with Crippen LogP contribution >= 0.6 is 0 Å². The molecule has 8 heteroatoms. The SMILES string of the molecule is O=C(NCCc1ccc2c(c1)OCO2)c1ccc([N+](=O)[O-])c(O)c1. The summed E-state index contributed by atoms with van der Waals surface area (Å²) in [5.74, 6) is 0.424. The minimum atomic E-state index is -0.712. The smallest absolute Gasteiger partial charge is 0.310 e. The average molecular weight is 330 g/mol. The average Bonchev–Trinajstić information content (AvgIpc) is 3.02. The molecule has 2 aromatic rings. The predicted octanol–water partition coefficient (Wildman–Crippen LogP) is 2.00. The lowest BCUT2D eigenvalue weighted by molar-refractivity contribution is -0.385. The zero-order valence-corrected chi connectivity index (χ0v) is 12.5. The number of phenolic OH excluding ortho intramolecular Hbond substituents is 1. The van der Waals surface area contributed by atoms with Crippen molar-refractivity contribution in [3.05, 3.63) is 57.6 Å². The first kappa shape index (κ1) is 15.6. The molecule has 1 aliphatic heterocycles. The zero-order valence-electron chi connectivity index (χ0n) is 12.5. The van der Waals surface area contributed by atoms with Gasteiger partial charge in [-0.1, -0.05) is 6.07 Å². The maximum absolute atomic E-state index is 12.0. The molecule has 0 unspecified atom stereocenters. The molecule has 124 valence electrons. The molecule has 0 bridgehead atoms. The number of nitro groups is 1. The molecular weight excluding hydrogens is 316 g/mol. The van der Waals surface area contributed by atoms with Gasteiger partial charge in [0.05, 0.1) is 4.92 Å². The van der Waals surface area contributed by atoms with Gasteiger partial charge in [-0.2, -0.15) is 0 Å². The summed E-state index contributed by atoms with van der Waals surface area (Å²) in [6.07, 6.45) is 0.585. The first-order chi connectivity index (χ1) is 11.5. The van der Waals surface area contributed by atoms with Gasteiger partial charge in [0.25, 0.3) is 5.91 Å². The Labute approximate surface area is 136 Å². The first-order valence-electron chi connectivity index (χ1n) is 7.19. The summed E-state index contributed by atoms with van der Waals surface area (Å²) >= 11 is 0. The largest absolute Gasteiger partial charge is 0.502 e. The van der Waals surface area contributed by atoms with Gasteiger partial charge in [-0.15, -0.1) is 0 Å². The van der Waals surface area contributed by atoms with Crippen LogP contribution in [0.4, 0.5) is 5.69 Å². The highest BCUT2D eigenvalue weighted by atomic mass is 16.7. The van der Waals surface area contributed by atoms with Crippen LogP contribution in [-0.2, 0) is 6.42 Å². The van der Waals surface area contributed by atoms with E-state index in [1.165, 1.54) is 6.07 Å². The summed E-state index contributed by atoms with van der Waals surface area (Å²) in [6.45, 7) is 0.579. The molecule has 8 nitrogen and oxygen atoms in total. The van der Waals surface area contributed by atoms with Gasteiger partial charge in [0.15, 0.2) is 17.2 Å². The van der Waals surface area contributed by atoms with E-state index in [1.54, 1.807) is 0 Å². The number of benzene rings is 2. The minimum absolute atomic E-state index is 0.156. The third kappa shape index (κ3) is 3.22. The Morgan fingerprint density at radius 1 is 1.21 bits per heavy atom. The minimum Gasteiger partial charge on any atom is -0.502 e. The summed E-state index contributed by atoms with van der Waals surface area (Å²) in [7, 11) is 0. The van der Waals surface area contributed by atoms with Crippen LogP contribution in [0.3, 0.4) is 0 Å². The second-order valence-corrected chi connectivity index (χ2v) is 5.15. The summed E-state index contributed by atoms with van der Waals surface area (Å²) < 4.78 is 10.5. The lowest BCUT2D eigenvalue weighted by Gasteiger charge is -2.07. The lowest BCUT2D eigenvalue weighted by atomic mass is 10.1. The maximum Gasteiger partial charge on any atom is 0.310 e. The number of rotatable bonds is 5. The summed E-state index contributed by atoms with van der Waals surface area (Å²) in [5.41, 5.74) is 0.696. The van der Waals surface area contributed by atoms with Gasteiger partial charge in [0.2, 0.25) is 6.79 Å². The van der Waals surface area contributed by atoms with Crippen LogP contribution in [0, 0.1) is 10.1 Å².